The molecule has 0 atom stereocenters. The van der Waals surface area contributed by atoms with E-state index >= 15 is 0 Å². The van der Waals surface area contributed by atoms with Crippen LogP contribution < -0.4 is 4.74 Å². The molecule has 0 aliphatic rings. The number of hydrogen-bond donors (Lipinski definition) is 0. The molecular formula is C20H14ClNO4. The summed E-state index contributed by atoms with van der Waals surface area (Å²) < 4.78 is 5.49. The van der Waals surface area contributed by atoms with Crippen LogP contribution in [0.4, 0.5) is 5.69 Å². The van der Waals surface area contributed by atoms with Crippen LogP contribution in [0, 0.1) is 10.1 Å². The number of nitrogens with zero attached hydrogens (tertiary/aromatic N) is 1. The minimum atomic E-state index is -0.662. The van der Waals surface area contributed by atoms with Crippen LogP contribution in [0.2, 0.25) is 5.02 Å². The van der Waals surface area contributed by atoms with Gasteiger partial charge >= 0.3 is 5.97 Å². The summed E-state index contributed by atoms with van der Waals surface area (Å²) in [7, 11) is 0. The number of nitro groups is 1. The molecule has 0 spiro atoms. The van der Waals surface area contributed by atoms with Crippen molar-refractivity contribution in [3.63, 3.8) is 0 Å². The number of carbonyl (C=O) groups excluding carboxylic acids is 1. The highest BCUT2D eigenvalue weighted by Gasteiger charge is 2.18. The summed E-state index contributed by atoms with van der Waals surface area (Å²) in [5.41, 5.74) is 1.83. The summed E-state index contributed by atoms with van der Waals surface area (Å²) in [6, 6.07) is 20.7. The third-order valence-corrected chi connectivity index (χ3v) is 4.11. The number of halogens is 1. The van der Waals surface area contributed by atoms with E-state index in [1.54, 1.807) is 12.1 Å². The third kappa shape index (κ3) is 4.07. The van der Waals surface area contributed by atoms with E-state index < -0.39 is 10.9 Å². The molecule has 3 aromatic rings. The van der Waals surface area contributed by atoms with Crippen molar-refractivity contribution in [2.75, 3.05) is 0 Å². The Morgan fingerprint density at radius 1 is 1.00 bits per heavy atom. The standard InChI is InChI=1S/C20H14ClNO4/c21-18-13-16(22(24)25)10-11-17(18)20(23)26-19-9-5-4-8-15(19)12-14-6-2-1-3-7-14/h1-11,13H,12H2. The van der Waals surface area contributed by atoms with Crippen LogP contribution in [-0.4, -0.2) is 10.9 Å². The largest absolute Gasteiger partial charge is 0.423 e. The SMILES string of the molecule is O=C(Oc1ccccc1Cc1ccccc1)c1ccc([N+](=O)[O-])cc1Cl. The van der Waals surface area contributed by atoms with Crippen LogP contribution in [0.15, 0.2) is 72.8 Å². The maximum Gasteiger partial charge on any atom is 0.345 e. The molecule has 0 aliphatic heterocycles. The van der Waals surface area contributed by atoms with Gasteiger partial charge in [-0.2, -0.15) is 0 Å². The number of rotatable bonds is 5. The number of non-ortho nitro benzene ring substituents is 1. The zero-order valence-corrected chi connectivity index (χ0v) is 14.3. The smallest absolute Gasteiger partial charge is 0.345 e. The molecule has 5 nitrogen and oxygen atoms in total. The van der Waals surface area contributed by atoms with E-state index in [1.807, 2.05) is 42.5 Å². The normalized spacial score (nSPS) is 10.3. The molecule has 6 heteroatoms. The van der Waals surface area contributed by atoms with E-state index in [0.29, 0.717) is 12.2 Å². The van der Waals surface area contributed by atoms with Crippen LogP contribution in [0.5, 0.6) is 5.75 Å². The van der Waals surface area contributed by atoms with E-state index in [2.05, 4.69) is 0 Å². The van der Waals surface area contributed by atoms with Gasteiger partial charge in [-0.05, 0) is 23.3 Å². The topological polar surface area (TPSA) is 69.4 Å². The lowest BCUT2D eigenvalue weighted by atomic mass is 10.0. The number of para-hydroxylation sites is 1. The molecule has 0 aromatic heterocycles. The highest BCUT2D eigenvalue weighted by molar-refractivity contribution is 6.33. The lowest BCUT2D eigenvalue weighted by molar-refractivity contribution is -0.384. The highest BCUT2D eigenvalue weighted by atomic mass is 35.5. The van der Waals surface area contributed by atoms with Crippen molar-refractivity contribution in [2.45, 2.75) is 6.42 Å². The Balaban J connectivity index is 1.83. The summed E-state index contributed by atoms with van der Waals surface area (Å²) in [6.07, 6.45) is 0.609. The molecule has 0 saturated carbocycles. The summed E-state index contributed by atoms with van der Waals surface area (Å²) in [4.78, 5) is 22.6. The molecular weight excluding hydrogens is 354 g/mol. The number of carbonyl (C=O) groups is 1. The monoisotopic (exact) mass is 367 g/mol. The lowest BCUT2D eigenvalue weighted by Gasteiger charge is -2.11. The molecule has 0 bridgehead atoms. The third-order valence-electron chi connectivity index (χ3n) is 3.80. The summed E-state index contributed by atoms with van der Waals surface area (Å²) in [5.74, 6) is -0.235. The van der Waals surface area contributed by atoms with Crippen molar-refractivity contribution in [1.29, 1.82) is 0 Å². The lowest BCUT2D eigenvalue weighted by Crippen LogP contribution is -2.11. The Morgan fingerprint density at radius 3 is 2.38 bits per heavy atom. The quantitative estimate of drug-likeness (QED) is 0.273. The van der Waals surface area contributed by atoms with Gasteiger partial charge < -0.3 is 4.74 Å². The van der Waals surface area contributed by atoms with E-state index in [-0.39, 0.29) is 16.3 Å². The molecule has 26 heavy (non-hydrogen) atoms. The number of hydrogen-bond acceptors (Lipinski definition) is 4. The predicted molar refractivity (Wildman–Crippen MR) is 98.8 cm³/mol. The predicted octanol–water partition coefficient (Wildman–Crippen LogP) is 5.06. The fraction of sp³-hybridized carbons (Fsp3) is 0.0500. The molecule has 3 aromatic carbocycles. The van der Waals surface area contributed by atoms with Gasteiger partial charge in [-0.3, -0.25) is 10.1 Å². The number of ether oxygens (including phenoxy) is 1. The van der Waals surface area contributed by atoms with E-state index in [0.717, 1.165) is 17.2 Å². The van der Waals surface area contributed by atoms with Gasteiger partial charge in [0.2, 0.25) is 0 Å². The Kier molecular flexibility index (Phi) is 5.29. The van der Waals surface area contributed by atoms with Gasteiger partial charge in [-0.1, -0.05) is 60.1 Å². The molecule has 3 rings (SSSR count). The Labute approximate surface area is 155 Å². The van der Waals surface area contributed by atoms with Gasteiger partial charge in [0.25, 0.3) is 5.69 Å². The van der Waals surface area contributed by atoms with Gasteiger partial charge in [0.15, 0.2) is 0 Å². The van der Waals surface area contributed by atoms with Gasteiger partial charge in [-0.25, -0.2) is 4.79 Å². The summed E-state index contributed by atoms with van der Waals surface area (Å²) in [6.45, 7) is 0. The van der Waals surface area contributed by atoms with Gasteiger partial charge in [0.05, 0.1) is 15.5 Å². The summed E-state index contributed by atoms with van der Waals surface area (Å²) >= 11 is 6.00. The van der Waals surface area contributed by atoms with Crippen molar-refractivity contribution in [3.8, 4) is 5.75 Å². The van der Waals surface area contributed by atoms with Gasteiger partial charge in [0.1, 0.15) is 5.75 Å². The first-order valence-corrected chi connectivity index (χ1v) is 8.20. The second-order valence-corrected chi connectivity index (χ2v) is 5.99. The van der Waals surface area contributed by atoms with E-state index in [4.69, 9.17) is 16.3 Å². The number of benzene rings is 3. The molecule has 0 amide bonds. The molecule has 0 fully saturated rings. The average Bonchev–Trinajstić information content (AvgIpc) is 2.64. The highest BCUT2D eigenvalue weighted by Crippen LogP contribution is 2.26. The second-order valence-electron chi connectivity index (χ2n) is 5.58. The first-order valence-electron chi connectivity index (χ1n) is 7.82. The molecule has 0 saturated heterocycles. The molecule has 0 aliphatic carbocycles. The molecule has 0 unspecified atom stereocenters. The first-order chi connectivity index (χ1) is 12.5. The van der Waals surface area contributed by atoms with Crippen LogP contribution in [0.1, 0.15) is 21.5 Å². The van der Waals surface area contributed by atoms with Crippen LogP contribution in [-0.2, 0) is 6.42 Å². The van der Waals surface area contributed by atoms with Crippen molar-refractivity contribution in [3.05, 3.63) is 105 Å². The zero-order valence-electron chi connectivity index (χ0n) is 13.6. The summed E-state index contributed by atoms with van der Waals surface area (Å²) in [5, 5.41) is 10.8. The Bertz CT molecular complexity index is 957. The maximum absolute atomic E-state index is 12.4. The van der Waals surface area contributed by atoms with Crippen LogP contribution >= 0.6 is 11.6 Å². The zero-order chi connectivity index (χ0) is 18.5. The van der Waals surface area contributed by atoms with Crippen molar-refractivity contribution < 1.29 is 14.5 Å². The van der Waals surface area contributed by atoms with Crippen molar-refractivity contribution in [1.82, 2.24) is 0 Å². The second kappa shape index (κ2) is 7.80. The van der Waals surface area contributed by atoms with Crippen molar-refractivity contribution in [2.24, 2.45) is 0 Å². The Morgan fingerprint density at radius 2 is 1.69 bits per heavy atom. The van der Waals surface area contributed by atoms with E-state index in [9.17, 15) is 14.9 Å². The maximum atomic E-state index is 12.4. The number of esters is 1. The fourth-order valence-electron chi connectivity index (χ4n) is 2.50. The minimum absolute atomic E-state index is 0.0234. The minimum Gasteiger partial charge on any atom is -0.423 e. The van der Waals surface area contributed by atoms with Gasteiger partial charge in [-0.15, -0.1) is 0 Å². The van der Waals surface area contributed by atoms with Gasteiger partial charge in [0, 0.05) is 18.6 Å². The van der Waals surface area contributed by atoms with E-state index in [1.165, 1.54) is 12.1 Å². The average molecular weight is 368 g/mol. The van der Waals surface area contributed by atoms with Crippen LogP contribution in [0.25, 0.3) is 0 Å². The Hall–Kier alpha value is -3.18. The van der Waals surface area contributed by atoms with Crippen molar-refractivity contribution >= 4 is 23.3 Å². The molecule has 0 N–H and O–H groups in total. The number of nitro benzene ring substituents is 1. The van der Waals surface area contributed by atoms with Crippen LogP contribution in [0.3, 0.4) is 0 Å². The molecule has 130 valence electrons. The molecule has 0 radical (unpaired) electrons. The fourth-order valence-corrected chi connectivity index (χ4v) is 2.76. The first kappa shape index (κ1) is 17.6. The molecule has 0 heterocycles.